The van der Waals surface area contributed by atoms with Crippen LogP contribution < -0.4 is 101 Å². The van der Waals surface area contributed by atoms with Crippen LogP contribution in [-0.2, 0) is 69.3 Å². The fourth-order valence-electron chi connectivity index (χ4n) is 8.98. The first-order valence-electron chi connectivity index (χ1n) is 23.8. The third-order valence-electron chi connectivity index (χ3n) is 12.3. The molecule has 1 N–H and O–H groups in total. The summed E-state index contributed by atoms with van der Waals surface area (Å²) in [5.74, 6) is 0.437. The van der Waals surface area contributed by atoms with E-state index in [1.54, 1.807) is 74.2 Å². The van der Waals surface area contributed by atoms with E-state index >= 15 is 0 Å². The fraction of sp³-hybridized carbons (Fsp3) is 0.300. The molecule has 0 atom stereocenters. The molecule has 22 nitrogen and oxygen atoms in total. The molecule has 8 aromatic rings. The molecule has 0 spiro atoms. The van der Waals surface area contributed by atoms with Gasteiger partial charge in [-0.25, -0.2) is 23.4 Å². The van der Waals surface area contributed by atoms with Crippen molar-refractivity contribution < 1.29 is 132 Å². The molecular formula is C50H48Li4N10O12S6. The normalized spacial score (nSPS) is 11.6. The average molecular weight is 1200 g/mol. The average Bonchev–Trinajstić information content (AvgIpc) is 4.29. The monoisotopic (exact) mass is 1200 g/mol. The van der Waals surface area contributed by atoms with E-state index in [-0.39, 0.29) is 127 Å². The number of hydrogen-bond donors (Lipinski definition) is 1. The zero-order valence-corrected chi connectivity index (χ0v) is 52.3. The maximum absolute atomic E-state index is 13.3. The van der Waals surface area contributed by atoms with Gasteiger partial charge in [0.1, 0.15) is 33.3 Å². The van der Waals surface area contributed by atoms with Crippen LogP contribution in [0.25, 0.3) is 25.6 Å². The van der Waals surface area contributed by atoms with Gasteiger partial charge in [-0.2, -0.15) is 28.0 Å². The number of hydrogen-bond acceptors (Lipinski definition) is 26. The van der Waals surface area contributed by atoms with E-state index < -0.39 is 15.5 Å². The fourth-order valence-corrected chi connectivity index (χ4v) is 13.5. The number of rotatable bonds is 22. The van der Waals surface area contributed by atoms with Gasteiger partial charge >= 0.3 is 75.4 Å². The Morgan fingerprint density at radius 1 is 0.732 bits per heavy atom. The van der Waals surface area contributed by atoms with Gasteiger partial charge in [0.2, 0.25) is 5.13 Å². The molecule has 410 valence electrons. The van der Waals surface area contributed by atoms with E-state index in [1.165, 1.54) is 27.4 Å². The number of aryl methyl sites for hydroxylation is 5. The van der Waals surface area contributed by atoms with Crippen LogP contribution in [0.15, 0.2) is 84.4 Å². The number of benzene rings is 4. The summed E-state index contributed by atoms with van der Waals surface area (Å²) in [7, 11) is -5.04. The largest absolute Gasteiger partial charge is 1.00 e. The van der Waals surface area contributed by atoms with Gasteiger partial charge in [-0.15, -0.1) is 10.2 Å². The first-order chi connectivity index (χ1) is 37.3. The van der Waals surface area contributed by atoms with Crippen molar-refractivity contribution in [3.05, 3.63) is 105 Å². The predicted octanol–water partition coefficient (Wildman–Crippen LogP) is -0.929. The minimum absolute atomic E-state index is 0. The van der Waals surface area contributed by atoms with E-state index in [2.05, 4.69) is 35.2 Å². The van der Waals surface area contributed by atoms with E-state index in [9.17, 15) is 34.0 Å². The van der Waals surface area contributed by atoms with Crippen LogP contribution in [0, 0.1) is 32.1 Å². The second kappa shape index (κ2) is 30.9. The number of fused-ring (bicyclic) bond motifs is 2. The molecule has 0 radical (unpaired) electrons. The first kappa shape index (κ1) is 71.2. The molecule has 0 aliphatic rings. The number of nitrogens with zero attached hydrogens (tertiary/aromatic N) is 9. The molecule has 0 saturated carbocycles. The maximum Gasteiger partial charge on any atom is 1.00 e. The third kappa shape index (κ3) is 15.3. The summed E-state index contributed by atoms with van der Waals surface area (Å²) in [5, 5.41) is 73.3. The minimum Gasteiger partial charge on any atom is -0.744 e. The number of azo groups is 1. The van der Waals surface area contributed by atoms with Crippen molar-refractivity contribution in [1.29, 1.82) is 5.26 Å². The van der Waals surface area contributed by atoms with Crippen LogP contribution in [0.5, 0.6) is 0 Å². The van der Waals surface area contributed by atoms with E-state index in [0.29, 0.717) is 105 Å². The van der Waals surface area contributed by atoms with E-state index in [0.717, 1.165) is 40.8 Å². The number of pyridine rings is 1. The van der Waals surface area contributed by atoms with Crippen molar-refractivity contribution in [3.8, 4) is 11.2 Å². The molecular weight excluding hydrogens is 1150 g/mol. The molecule has 4 aromatic heterocycles. The Labute approximate surface area is 542 Å². The summed E-state index contributed by atoms with van der Waals surface area (Å²) >= 11 is 4.69. The molecule has 0 aliphatic heterocycles. The van der Waals surface area contributed by atoms with Crippen LogP contribution in [0.1, 0.15) is 98.7 Å². The Morgan fingerprint density at radius 3 is 1.85 bits per heavy atom. The molecule has 82 heavy (non-hydrogen) atoms. The number of aromatic nitrogens is 5. The van der Waals surface area contributed by atoms with Crippen molar-refractivity contribution in [3.63, 3.8) is 0 Å². The van der Waals surface area contributed by atoms with Crippen molar-refractivity contribution in [2.75, 3.05) is 10.2 Å². The second-order valence-corrected chi connectivity index (χ2v) is 23.9. The summed E-state index contributed by atoms with van der Waals surface area (Å²) in [6.07, 6.45) is 1.50. The molecule has 0 fully saturated rings. The number of anilines is 5. The summed E-state index contributed by atoms with van der Waals surface area (Å²) in [4.78, 5) is 18.3. The van der Waals surface area contributed by atoms with E-state index in [4.69, 9.17) is 34.6 Å². The Morgan fingerprint density at radius 2 is 1.30 bits per heavy atom. The molecule has 0 amide bonds. The van der Waals surface area contributed by atoms with Gasteiger partial charge in [-0.05, 0) is 128 Å². The van der Waals surface area contributed by atoms with Gasteiger partial charge in [-0.1, -0.05) is 83.3 Å². The summed E-state index contributed by atoms with van der Waals surface area (Å²) < 4.78 is 56.7. The molecule has 32 heteroatoms. The predicted molar refractivity (Wildman–Crippen MR) is 290 cm³/mol. The zero-order valence-electron chi connectivity index (χ0n) is 47.4. The van der Waals surface area contributed by atoms with Gasteiger partial charge in [0.05, 0.1) is 72.8 Å². The van der Waals surface area contributed by atoms with Crippen LogP contribution in [0.2, 0.25) is 0 Å². The van der Waals surface area contributed by atoms with Crippen molar-refractivity contribution in [2.45, 2.75) is 120 Å². The maximum atomic E-state index is 13.3. The van der Waals surface area contributed by atoms with Crippen molar-refractivity contribution >= 4 is 129 Å². The molecule has 4 aromatic carbocycles. The second-order valence-electron chi connectivity index (χ2n) is 18.3. The van der Waals surface area contributed by atoms with Crippen LogP contribution in [0.3, 0.4) is 0 Å². The van der Waals surface area contributed by atoms with Crippen molar-refractivity contribution in [1.82, 2.24) is 24.7 Å². The Hall–Kier alpha value is -3.30. The quantitative estimate of drug-likeness (QED) is 0.0214. The third-order valence-corrected chi connectivity index (χ3v) is 17.4. The van der Waals surface area contributed by atoms with Crippen LogP contribution in [-0.4, -0.2) is 37.7 Å². The van der Waals surface area contributed by atoms with Gasteiger partial charge in [0.15, 0.2) is 16.8 Å². The molecule has 0 aliphatic carbocycles. The van der Waals surface area contributed by atoms with Gasteiger partial charge in [0, 0.05) is 25.8 Å². The molecule has 0 saturated heterocycles. The van der Waals surface area contributed by atoms with Gasteiger partial charge in [-0.3, -0.25) is 20.0 Å². The number of nitrogens with one attached hydrogen (secondary N) is 1. The van der Waals surface area contributed by atoms with Crippen LogP contribution >= 0.6 is 58.8 Å². The number of thiazole rings is 2. The Kier molecular flexibility index (Phi) is 26.8. The SMILES string of the molecule is CCc1cc(C)c(SOO[O-])c(CC)c1Nc1nc(N(c2nc3ccc(SOO[O-])cc3s2)c2c(CC)cc(C)c(S(=O)(=O)[O-])c2CC)cc(C)c1N=Nc1c(C#N)c(C(C)(C)C)nn1-c1nc2ccc(SOO[O-])cc2s1.[Li+].[Li+].[Li+].[Li+]. The van der Waals surface area contributed by atoms with Gasteiger partial charge < -0.3 is 25.6 Å². The minimum atomic E-state index is -5.04. The zero-order chi connectivity index (χ0) is 56.2. The van der Waals surface area contributed by atoms with Crippen molar-refractivity contribution in [2.24, 2.45) is 10.2 Å². The number of nitriles is 1. The standard InChI is InChI=1S/C50H52N10O12S6.4Li/c1-11-28-19-26(6)43(77-72-69-63)32(13-3)41(28)55-46-40(56-57-47-34(24-51)45(50(8,9)10)58-60(47)49-53-36-18-16-31(76-71-68-62)23-38(36)74-49)25(5)21-39(54-46)59(48-52-35-17-15-30(75-70-67-61)22-37(35)73-48)42-29(12-2)20-27(7)44(33(42)14-4)78(64,65)66;;;;/h15-23,61-63H,11-14H2,1-10H3,(H,54,55)(H,64,65,66);;;;/q;4*+1/p-4. The molecule has 0 bridgehead atoms. The summed E-state index contributed by atoms with van der Waals surface area (Å²) in [6, 6.07) is 18.1. The molecule has 0 unspecified atom stereocenters. The smallest absolute Gasteiger partial charge is 0.744 e. The summed E-state index contributed by atoms with van der Waals surface area (Å²) in [6.45, 7) is 18.6. The Bertz CT molecular complexity index is 3770. The van der Waals surface area contributed by atoms with Crippen LogP contribution in [0.4, 0.5) is 39.6 Å². The van der Waals surface area contributed by atoms with Gasteiger partial charge in [0.25, 0.3) is 0 Å². The van der Waals surface area contributed by atoms with E-state index in [1.807, 2.05) is 54.5 Å². The first-order valence-corrected chi connectivity index (χ1v) is 29.1. The summed E-state index contributed by atoms with van der Waals surface area (Å²) in [5.41, 5.74) is 6.37. The topological polar surface area (TPSA) is 302 Å². The Balaban J connectivity index is 0.00000361. The molecule has 8 rings (SSSR count). The molecule has 4 heterocycles.